The maximum Gasteiger partial charge on any atom is 0.287 e. The van der Waals surface area contributed by atoms with Crippen LogP contribution in [0.5, 0.6) is 0 Å². The Morgan fingerprint density at radius 1 is 1.27 bits per heavy atom. The molecule has 1 N–H and O–H groups in total. The Hall–Kier alpha value is -2.44. The molecule has 0 bridgehead atoms. The van der Waals surface area contributed by atoms with Crippen molar-refractivity contribution in [1.29, 1.82) is 0 Å². The quantitative estimate of drug-likeness (QED) is 0.722. The van der Waals surface area contributed by atoms with Gasteiger partial charge in [-0.05, 0) is 49.7 Å². The van der Waals surface area contributed by atoms with E-state index in [0.717, 1.165) is 12.0 Å². The first-order valence-corrected chi connectivity index (χ1v) is 9.42. The fourth-order valence-electron chi connectivity index (χ4n) is 2.83. The lowest BCUT2D eigenvalue weighted by atomic mass is 10.1. The summed E-state index contributed by atoms with van der Waals surface area (Å²) in [6.07, 6.45) is 0.840. The number of carbonyl (C=O) groups excluding carboxylic acids is 1. The van der Waals surface area contributed by atoms with Crippen molar-refractivity contribution in [2.75, 3.05) is 20.6 Å². The number of nitrogens with zero attached hydrogens (tertiary/aromatic N) is 1. The lowest BCUT2D eigenvalue weighted by molar-refractivity contribution is 0.0915. The van der Waals surface area contributed by atoms with Crippen LogP contribution < -0.4 is 10.7 Å². The summed E-state index contributed by atoms with van der Waals surface area (Å²) in [5.41, 5.74) is 1.29. The Morgan fingerprint density at radius 3 is 2.73 bits per heavy atom. The Labute approximate surface area is 156 Å². The number of rotatable bonds is 6. The number of likely N-dealkylation sites (N-methyl/N-ethyl adjacent to an activating group) is 1. The van der Waals surface area contributed by atoms with Gasteiger partial charge in [-0.25, -0.2) is 0 Å². The molecule has 0 aliphatic heterocycles. The molecule has 0 aliphatic rings. The van der Waals surface area contributed by atoms with Crippen molar-refractivity contribution in [3.63, 3.8) is 0 Å². The van der Waals surface area contributed by atoms with Crippen LogP contribution in [0.1, 0.15) is 34.0 Å². The smallest absolute Gasteiger partial charge is 0.287 e. The zero-order valence-corrected chi connectivity index (χ0v) is 15.9. The molecule has 1 amide bonds. The van der Waals surface area contributed by atoms with Crippen LogP contribution in [0.3, 0.4) is 0 Å². The van der Waals surface area contributed by atoms with E-state index >= 15 is 0 Å². The zero-order valence-electron chi connectivity index (χ0n) is 15.1. The summed E-state index contributed by atoms with van der Waals surface area (Å²) in [4.78, 5) is 28.1. The summed E-state index contributed by atoms with van der Waals surface area (Å²) in [7, 11) is 3.94. The van der Waals surface area contributed by atoms with Gasteiger partial charge in [-0.3, -0.25) is 9.59 Å². The molecule has 3 rings (SSSR count). The van der Waals surface area contributed by atoms with Gasteiger partial charge in [-0.2, -0.15) is 0 Å². The van der Waals surface area contributed by atoms with Gasteiger partial charge < -0.3 is 14.6 Å². The monoisotopic (exact) mass is 370 g/mol. The number of thiophene rings is 1. The number of fused-ring (bicyclic) bond motifs is 1. The standard InChI is InChI=1S/C20H22N2O3S/c1-4-13-7-8-17-14(10-13)16(23)11-18(25-17)20(24)21-12-15(22(2)3)19-6-5-9-26-19/h5-11,15H,4,12H2,1-3H3,(H,21,24). The first-order chi connectivity index (χ1) is 12.5. The molecule has 0 radical (unpaired) electrons. The largest absolute Gasteiger partial charge is 0.451 e. The number of hydrogen-bond donors (Lipinski definition) is 1. The maximum absolute atomic E-state index is 12.5. The zero-order chi connectivity index (χ0) is 18.7. The van der Waals surface area contributed by atoms with Gasteiger partial charge in [0.05, 0.1) is 11.4 Å². The summed E-state index contributed by atoms with van der Waals surface area (Å²) < 4.78 is 5.66. The van der Waals surface area contributed by atoms with Crippen molar-refractivity contribution in [2.24, 2.45) is 0 Å². The number of carbonyl (C=O) groups is 1. The van der Waals surface area contributed by atoms with Gasteiger partial charge in [0.1, 0.15) is 5.58 Å². The van der Waals surface area contributed by atoms with Crippen LogP contribution in [0.15, 0.2) is 51.0 Å². The molecule has 0 saturated heterocycles. The molecule has 0 saturated carbocycles. The fraction of sp³-hybridized carbons (Fsp3) is 0.300. The molecular weight excluding hydrogens is 348 g/mol. The number of amides is 1. The Morgan fingerprint density at radius 2 is 2.08 bits per heavy atom. The molecule has 0 fully saturated rings. The molecule has 1 unspecified atom stereocenters. The second-order valence-electron chi connectivity index (χ2n) is 6.36. The SMILES string of the molecule is CCc1ccc2oc(C(=O)NCC(c3cccs3)N(C)C)cc(=O)c2c1. The Kier molecular flexibility index (Phi) is 5.54. The van der Waals surface area contributed by atoms with Crippen LogP contribution in [0, 0.1) is 0 Å². The summed E-state index contributed by atoms with van der Waals surface area (Å²) in [6.45, 7) is 2.46. The molecule has 136 valence electrons. The van der Waals surface area contributed by atoms with Crippen molar-refractivity contribution >= 4 is 28.2 Å². The summed E-state index contributed by atoms with van der Waals surface area (Å²) in [6, 6.07) is 10.9. The van der Waals surface area contributed by atoms with Gasteiger partial charge in [-0.15, -0.1) is 11.3 Å². The van der Waals surface area contributed by atoms with E-state index in [-0.39, 0.29) is 23.1 Å². The molecular formula is C20H22N2O3S. The number of hydrogen-bond acceptors (Lipinski definition) is 5. The highest BCUT2D eigenvalue weighted by molar-refractivity contribution is 7.10. The Balaban J connectivity index is 1.80. The topological polar surface area (TPSA) is 62.6 Å². The van der Waals surface area contributed by atoms with E-state index in [0.29, 0.717) is 17.5 Å². The van der Waals surface area contributed by atoms with Gasteiger partial charge in [0.25, 0.3) is 5.91 Å². The molecule has 2 aromatic heterocycles. The molecule has 5 nitrogen and oxygen atoms in total. The minimum absolute atomic E-state index is 0.0374. The highest BCUT2D eigenvalue weighted by atomic mass is 32.1. The molecule has 1 aromatic carbocycles. The van der Waals surface area contributed by atoms with Gasteiger partial charge in [0, 0.05) is 17.5 Å². The van der Waals surface area contributed by atoms with Crippen LogP contribution in [0.2, 0.25) is 0 Å². The van der Waals surface area contributed by atoms with E-state index in [1.54, 1.807) is 17.4 Å². The van der Waals surface area contributed by atoms with Crippen LogP contribution >= 0.6 is 11.3 Å². The van der Waals surface area contributed by atoms with Gasteiger partial charge >= 0.3 is 0 Å². The van der Waals surface area contributed by atoms with Crippen molar-refractivity contribution in [2.45, 2.75) is 19.4 Å². The molecule has 1 atom stereocenters. The number of aryl methyl sites for hydroxylation is 1. The normalized spacial score (nSPS) is 12.5. The summed E-state index contributed by atoms with van der Waals surface area (Å²) >= 11 is 1.65. The van der Waals surface area contributed by atoms with Crippen LogP contribution in [0.25, 0.3) is 11.0 Å². The average molecular weight is 370 g/mol. The van der Waals surface area contributed by atoms with E-state index in [4.69, 9.17) is 4.42 Å². The van der Waals surface area contributed by atoms with Crippen molar-refractivity contribution in [3.8, 4) is 0 Å². The molecule has 2 heterocycles. The van der Waals surface area contributed by atoms with Gasteiger partial charge in [-0.1, -0.05) is 19.1 Å². The number of nitrogens with one attached hydrogen (secondary N) is 1. The molecule has 0 spiro atoms. The molecule has 3 aromatic rings. The van der Waals surface area contributed by atoms with E-state index < -0.39 is 0 Å². The minimum Gasteiger partial charge on any atom is -0.451 e. The van der Waals surface area contributed by atoms with E-state index in [1.165, 1.54) is 10.9 Å². The Bertz CT molecular complexity index is 961. The fourth-order valence-corrected chi connectivity index (χ4v) is 3.75. The third kappa shape index (κ3) is 3.86. The first-order valence-electron chi connectivity index (χ1n) is 8.54. The predicted molar refractivity (Wildman–Crippen MR) is 105 cm³/mol. The third-order valence-corrected chi connectivity index (χ3v) is 5.35. The maximum atomic E-state index is 12.5. The van der Waals surface area contributed by atoms with Gasteiger partial charge in [0.15, 0.2) is 11.2 Å². The van der Waals surface area contributed by atoms with Crippen molar-refractivity contribution in [1.82, 2.24) is 10.2 Å². The third-order valence-electron chi connectivity index (χ3n) is 4.37. The van der Waals surface area contributed by atoms with E-state index in [2.05, 4.69) is 10.2 Å². The van der Waals surface area contributed by atoms with Crippen molar-refractivity contribution in [3.05, 3.63) is 68.2 Å². The van der Waals surface area contributed by atoms with E-state index in [1.807, 2.05) is 50.7 Å². The lowest BCUT2D eigenvalue weighted by Crippen LogP contribution is -2.34. The predicted octanol–water partition coefficient (Wildman–Crippen LogP) is 3.45. The molecule has 6 heteroatoms. The summed E-state index contributed by atoms with van der Waals surface area (Å²) in [5, 5.41) is 5.40. The van der Waals surface area contributed by atoms with Crippen LogP contribution in [-0.4, -0.2) is 31.4 Å². The molecule has 0 aliphatic carbocycles. The highest BCUT2D eigenvalue weighted by Gasteiger charge is 2.18. The van der Waals surface area contributed by atoms with Crippen molar-refractivity contribution < 1.29 is 9.21 Å². The lowest BCUT2D eigenvalue weighted by Gasteiger charge is -2.23. The van der Waals surface area contributed by atoms with Gasteiger partial charge in [0.2, 0.25) is 0 Å². The number of benzene rings is 1. The second-order valence-corrected chi connectivity index (χ2v) is 7.34. The van der Waals surface area contributed by atoms with Crippen LogP contribution in [0.4, 0.5) is 0 Å². The second kappa shape index (κ2) is 7.85. The van der Waals surface area contributed by atoms with Crippen LogP contribution in [-0.2, 0) is 6.42 Å². The first kappa shape index (κ1) is 18.4. The minimum atomic E-state index is -0.382. The van der Waals surface area contributed by atoms with E-state index in [9.17, 15) is 9.59 Å². The average Bonchev–Trinajstić information content (AvgIpc) is 3.15. The highest BCUT2D eigenvalue weighted by Crippen LogP contribution is 2.22. The molecule has 26 heavy (non-hydrogen) atoms. The summed E-state index contributed by atoms with van der Waals surface area (Å²) in [5.74, 6) is -0.345.